The molecule has 3 atom stereocenters. The second kappa shape index (κ2) is 41.9. The minimum atomic E-state index is -4.45. The zero-order valence-electron chi connectivity index (χ0n) is 36.9. The van der Waals surface area contributed by atoms with Crippen LogP contribution in [0.25, 0.3) is 0 Å². The van der Waals surface area contributed by atoms with Gasteiger partial charge in [0.05, 0.1) is 17.9 Å². The summed E-state index contributed by atoms with van der Waals surface area (Å²) in [7, 11) is -4.45. The van der Waals surface area contributed by atoms with Crippen LogP contribution in [0.15, 0.2) is 24.3 Å². The first kappa shape index (κ1) is 54.8. The van der Waals surface area contributed by atoms with Gasteiger partial charge in [-0.25, -0.2) is 0 Å². The van der Waals surface area contributed by atoms with Gasteiger partial charge in [-0.3, -0.25) is 9.35 Å². The lowest BCUT2D eigenvalue weighted by atomic mass is 10.0. The Morgan fingerprint density at radius 1 is 0.482 bits per heavy atom. The summed E-state index contributed by atoms with van der Waals surface area (Å²) in [4.78, 5) is 12.6. The van der Waals surface area contributed by atoms with E-state index in [0.29, 0.717) is 6.42 Å². The molecule has 0 aromatic rings. The lowest BCUT2D eigenvalue weighted by Gasteiger charge is -2.22. The molecule has 0 aliphatic rings. The number of aliphatic hydroxyl groups is 2. The Morgan fingerprint density at radius 3 is 1.12 bits per heavy atom. The van der Waals surface area contributed by atoms with Crippen LogP contribution in [-0.2, 0) is 14.9 Å². The van der Waals surface area contributed by atoms with Crippen molar-refractivity contribution in [2.24, 2.45) is 0 Å². The van der Waals surface area contributed by atoms with Gasteiger partial charge in [0, 0.05) is 0 Å². The van der Waals surface area contributed by atoms with Gasteiger partial charge in [-0.2, -0.15) is 8.42 Å². The number of unbranched alkanes of at least 4 members (excludes halogenated alkanes) is 33. The molecule has 0 fully saturated rings. The second-order valence-corrected chi connectivity index (χ2v) is 18.4. The third-order valence-electron chi connectivity index (χ3n) is 11.2. The first-order valence-corrected chi connectivity index (χ1v) is 25.8. The maximum Gasteiger partial charge on any atom is 0.267 e. The van der Waals surface area contributed by atoms with Crippen molar-refractivity contribution in [2.45, 2.75) is 270 Å². The van der Waals surface area contributed by atoms with Gasteiger partial charge < -0.3 is 15.5 Å². The number of hydrogen-bond acceptors (Lipinski definition) is 5. The molecule has 0 aromatic carbocycles. The summed E-state index contributed by atoms with van der Waals surface area (Å²) in [5.41, 5.74) is 0. The van der Waals surface area contributed by atoms with Crippen LogP contribution < -0.4 is 5.32 Å². The normalized spacial score (nSPS) is 13.9. The van der Waals surface area contributed by atoms with Crippen molar-refractivity contribution >= 4 is 16.0 Å². The van der Waals surface area contributed by atoms with E-state index >= 15 is 0 Å². The average molecular weight is 812 g/mol. The molecule has 332 valence electrons. The number of allylic oxidation sites excluding steroid dienone is 3. The van der Waals surface area contributed by atoms with Crippen molar-refractivity contribution in [2.75, 3.05) is 5.75 Å². The Labute approximate surface area is 347 Å². The van der Waals surface area contributed by atoms with Crippen LogP contribution in [-0.4, -0.2) is 53.1 Å². The third-order valence-corrected chi connectivity index (χ3v) is 12.0. The molecule has 0 spiro atoms. The molecule has 0 heterocycles. The van der Waals surface area contributed by atoms with E-state index in [1.807, 2.05) is 6.08 Å². The highest BCUT2D eigenvalue weighted by atomic mass is 32.2. The summed E-state index contributed by atoms with van der Waals surface area (Å²) < 4.78 is 32.7. The van der Waals surface area contributed by atoms with Gasteiger partial charge in [-0.15, -0.1) is 0 Å². The molecular formula is C48H93NO6S. The van der Waals surface area contributed by atoms with Crippen LogP contribution in [0.1, 0.15) is 251 Å². The van der Waals surface area contributed by atoms with Crippen LogP contribution in [0, 0.1) is 0 Å². The van der Waals surface area contributed by atoms with Crippen molar-refractivity contribution in [1.29, 1.82) is 0 Å². The fourth-order valence-corrected chi connectivity index (χ4v) is 8.25. The number of nitrogens with one attached hydrogen (secondary N) is 1. The minimum absolute atomic E-state index is 0.275. The number of amides is 1. The van der Waals surface area contributed by atoms with Crippen molar-refractivity contribution in [3.8, 4) is 0 Å². The summed E-state index contributed by atoms with van der Waals surface area (Å²) in [6.45, 7) is 4.54. The first-order chi connectivity index (χ1) is 27.2. The Bertz CT molecular complexity index is 1000. The van der Waals surface area contributed by atoms with Crippen molar-refractivity contribution in [3.05, 3.63) is 24.3 Å². The molecule has 7 nitrogen and oxygen atoms in total. The Morgan fingerprint density at radius 2 is 0.786 bits per heavy atom. The van der Waals surface area contributed by atoms with Crippen LogP contribution in [0.5, 0.6) is 0 Å². The van der Waals surface area contributed by atoms with Gasteiger partial charge in [0.25, 0.3) is 10.1 Å². The highest BCUT2D eigenvalue weighted by Gasteiger charge is 2.27. The van der Waals surface area contributed by atoms with E-state index in [9.17, 15) is 28.0 Å². The van der Waals surface area contributed by atoms with Gasteiger partial charge in [-0.1, -0.05) is 231 Å². The topological polar surface area (TPSA) is 124 Å². The van der Waals surface area contributed by atoms with Crippen LogP contribution in [0.4, 0.5) is 0 Å². The fourth-order valence-electron chi connectivity index (χ4n) is 7.51. The van der Waals surface area contributed by atoms with Gasteiger partial charge in [0.1, 0.15) is 6.10 Å². The fraction of sp³-hybridized carbons (Fsp3) is 0.896. The van der Waals surface area contributed by atoms with E-state index in [2.05, 4.69) is 31.3 Å². The molecule has 3 unspecified atom stereocenters. The maximum absolute atomic E-state index is 12.6. The number of rotatable bonds is 44. The minimum Gasteiger partial charge on any atom is -0.387 e. The van der Waals surface area contributed by atoms with Gasteiger partial charge in [0.15, 0.2) is 0 Å². The van der Waals surface area contributed by atoms with E-state index in [1.165, 1.54) is 186 Å². The van der Waals surface area contributed by atoms with E-state index in [1.54, 1.807) is 0 Å². The molecule has 0 bridgehead atoms. The molecule has 0 saturated carbocycles. The summed E-state index contributed by atoms with van der Waals surface area (Å²) in [5.74, 6) is -1.53. The lowest BCUT2D eigenvalue weighted by Crippen LogP contribution is -2.50. The largest absolute Gasteiger partial charge is 0.387 e. The molecule has 1 amide bonds. The summed E-state index contributed by atoms with van der Waals surface area (Å²) in [5, 5.41) is 23.5. The van der Waals surface area contributed by atoms with Crippen LogP contribution in [0.3, 0.4) is 0 Å². The molecule has 56 heavy (non-hydrogen) atoms. The molecule has 0 aliphatic heterocycles. The number of aliphatic hydroxyl groups excluding tert-OH is 2. The Hall–Kier alpha value is -1.22. The second-order valence-electron chi connectivity index (χ2n) is 16.9. The van der Waals surface area contributed by atoms with E-state index in [0.717, 1.165) is 44.9 Å². The van der Waals surface area contributed by atoms with Crippen LogP contribution >= 0.6 is 0 Å². The van der Waals surface area contributed by atoms with Crippen molar-refractivity contribution in [3.63, 3.8) is 0 Å². The van der Waals surface area contributed by atoms with Crippen molar-refractivity contribution in [1.82, 2.24) is 5.32 Å². The average Bonchev–Trinajstić information content (AvgIpc) is 3.17. The highest BCUT2D eigenvalue weighted by molar-refractivity contribution is 7.85. The molecule has 0 radical (unpaired) electrons. The zero-order valence-corrected chi connectivity index (χ0v) is 37.7. The van der Waals surface area contributed by atoms with E-state index in [-0.39, 0.29) is 6.42 Å². The molecule has 8 heteroatoms. The molecule has 0 rings (SSSR count). The highest BCUT2D eigenvalue weighted by Crippen LogP contribution is 2.16. The quantitative estimate of drug-likeness (QED) is 0.0276. The molecule has 0 saturated heterocycles. The maximum atomic E-state index is 12.6. The summed E-state index contributed by atoms with van der Waals surface area (Å²) in [6.07, 6.45) is 50.9. The third kappa shape index (κ3) is 41.0. The Kier molecular flexibility index (Phi) is 41.0. The predicted molar refractivity (Wildman–Crippen MR) is 241 cm³/mol. The monoisotopic (exact) mass is 812 g/mol. The van der Waals surface area contributed by atoms with Crippen LogP contribution in [0.2, 0.25) is 0 Å². The van der Waals surface area contributed by atoms with Crippen molar-refractivity contribution < 1.29 is 28.0 Å². The molecule has 0 aromatic heterocycles. The number of hydrogen-bond donors (Lipinski definition) is 4. The predicted octanol–water partition coefficient (Wildman–Crippen LogP) is 13.7. The number of carbonyl (C=O) groups is 1. The molecule has 0 aliphatic carbocycles. The van der Waals surface area contributed by atoms with Gasteiger partial charge >= 0.3 is 0 Å². The summed E-state index contributed by atoms with van der Waals surface area (Å²) >= 11 is 0. The smallest absolute Gasteiger partial charge is 0.267 e. The Balaban J connectivity index is 3.94. The standard InChI is InChI=1S/C48H93NO6S/c1-3-5-7-9-11-13-15-17-19-21-23-25-26-28-30-32-34-36-38-40-42-46(50)45(44-56(53,54)55)49-48(52)47(51)43-41-39-37-35-33-31-29-27-24-22-20-18-16-14-12-10-8-6-4-2/h24,27,40,42,45-47,50-51H,3-23,25-26,28-39,41,43-44H2,1-2H3,(H,49,52)(H,53,54,55)/b27-24-,42-40+. The number of carbonyl (C=O) groups excluding carboxylic acids is 1. The first-order valence-electron chi connectivity index (χ1n) is 24.1. The molecule has 4 N–H and O–H groups in total. The van der Waals surface area contributed by atoms with E-state index in [4.69, 9.17) is 0 Å². The van der Waals surface area contributed by atoms with Gasteiger partial charge in [0.2, 0.25) is 5.91 Å². The summed E-state index contributed by atoms with van der Waals surface area (Å²) in [6, 6.07) is -1.23. The van der Waals surface area contributed by atoms with Gasteiger partial charge in [-0.05, 0) is 44.9 Å². The SMILES string of the molecule is CCCCCCCCCCC/C=C\CCCCCCCCC(O)C(=O)NC(CS(=O)(=O)O)C(O)/C=C/CCCCCCCCCCCCCCCCCCCC. The lowest BCUT2D eigenvalue weighted by molar-refractivity contribution is -0.130. The van der Waals surface area contributed by atoms with E-state index < -0.39 is 40.0 Å². The molecular weight excluding hydrogens is 719 g/mol. The zero-order chi connectivity index (χ0) is 41.2.